The van der Waals surface area contributed by atoms with Crippen LogP contribution in [0, 0.1) is 21.8 Å². The zero-order valence-corrected chi connectivity index (χ0v) is 11.7. The van der Waals surface area contributed by atoms with Crippen molar-refractivity contribution in [2.45, 2.75) is 19.8 Å². The first-order valence-corrected chi connectivity index (χ1v) is 6.66. The molecule has 7 heteroatoms. The Balaban J connectivity index is 2.38. The summed E-state index contributed by atoms with van der Waals surface area (Å²) in [5.74, 6) is -0.903. The van der Waals surface area contributed by atoms with Gasteiger partial charge in [-0.2, -0.15) is 0 Å². The monoisotopic (exact) mass is 300 g/mol. The molecule has 2 rings (SSSR count). The molecule has 0 saturated carbocycles. The minimum absolute atomic E-state index is 0.0607. The molecular weight excluding hydrogens is 287 g/mol. The molecule has 108 valence electrons. The van der Waals surface area contributed by atoms with Crippen LogP contribution in [-0.4, -0.2) is 23.8 Å². The minimum atomic E-state index is -0.817. The summed E-state index contributed by atoms with van der Waals surface area (Å²) in [7, 11) is 0. The molecule has 0 aliphatic carbocycles. The van der Waals surface area contributed by atoms with E-state index in [1.165, 1.54) is 13.0 Å². The topological polar surface area (TPSA) is 63.5 Å². The summed E-state index contributed by atoms with van der Waals surface area (Å²) in [5, 5.41) is 10.9. The van der Waals surface area contributed by atoms with E-state index in [0.717, 1.165) is 18.9 Å². The van der Waals surface area contributed by atoms with Crippen LogP contribution in [-0.2, 0) is 4.79 Å². The fourth-order valence-electron chi connectivity index (χ4n) is 2.45. The number of nitro groups is 1. The molecule has 0 N–H and O–H groups in total. The average molecular weight is 301 g/mol. The second-order valence-electron chi connectivity index (χ2n) is 4.91. The third kappa shape index (κ3) is 2.90. The van der Waals surface area contributed by atoms with Crippen molar-refractivity contribution in [1.82, 2.24) is 0 Å². The molecule has 1 fully saturated rings. The first-order valence-electron chi connectivity index (χ1n) is 6.29. The molecular formula is C13H14ClFN2O3. The molecule has 1 heterocycles. The van der Waals surface area contributed by atoms with Crippen LogP contribution in [0.15, 0.2) is 12.1 Å². The maximum atomic E-state index is 13.4. The van der Waals surface area contributed by atoms with Crippen LogP contribution in [0.3, 0.4) is 0 Å². The summed E-state index contributed by atoms with van der Waals surface area (Å²) >= 11 is 5.72. The number of nitro benzene ring substituents is 1. The van der Waals surface area contributed by atoms with Gasteiger partial charge in [-0.15, -0.1) is 0 Å². The van der Waals surface area contributed by atoms with E-state index in [1.54, 1.807) is 4.90 Å². The Morgan fingerprint density at radius 1 is 1.55 bits per heavy atom. The maximum Gasteiger partial charge on any atom is 0.295 e. The number of carbonyl (C=O) groups is 1. The molecule has 1 aromatic rings. The van der Waals surface area contributed by atoms with E-state index < -0.39 is 10.7 Å². The smallest absolute Gasteiger partial charge is 0.295 e. The molecule has 5 nitrogen and oxygen atoms in total. The molecule has 0 spiro atoms. The molecule has 0 amide bonds. The second kappa shape index (κ2) is 5.75. The molecule has 1 saturated heterocycles. The number of anilines is 1. The van der Waals surface area contributed by atoms with Crippen LogP contribution in [0.25, 0.3) is 0 Å². The highest BCUT2D eigenvalue weighted by molar-refractivity contribution is 6.31. The Hall–Kier alpha value is -1.69. The molecule has 1 unspecified atom stereocenters. The van der Waals surface area contributed by atoms with Gasteiger partial charge in [-0.1, -0.05) is 11.6 Å². The van der Waals surface area contributed by atoms with Gasteiger partial charge in [0.15, 0.2) is 0 Å². The minimum Gasteiger partial charge on any atom is -0.365 e. The van der Waals surface area contributed by atoms with Gasteiger partial charge in [0, 0.05) is 19.0 Å². The standard InChI is InChI=1S/C13H14ClFN2O3/c1-8(18)9-3-2-4-16(7-9)12-5-10(14)11(15)6-13(12)17(19)20/h5-6,9H,2-4,7H2,1H3. The number of Topliss-reactive ketones (excluding diaryl/α,β-unsaturated/α-hetero) is 1. The normalized spacial score (nSPS) is 18.9. The highest BCUT2D eigenvalue weighted by atomic mass is 35.5. The van der Waals surface area contributed by atoms with Crippen molar-refractivity contribution in [2.24, 2.45) is 5.92 Å². The van der Waals surface area contributed by atoms with E-state index in [1.807, 2.05) is 0 Å². The van der Waals surface area contributed by atoms with Crippen LogP contribution in [0.2, 0.25) is 5.02 Å². The number of piperidine rings is 1. The van der Waals surface area contributed by atoms with Crippen LogP contribution >= 0.6 is 11.6 Å². The predicted octanol–water partition coefficient (Wildman–Crippen LogP) is 3.19. The molecule has 0 bridgehead atoms. The lowest BCUT2D eigenvalue weighted by atomic mass is 9.94. The number of ketones is 1. The van der Waals surface area contributed by atoms with Crippen molar-refractivity contribution in [3.05, 3.63) is 33.1 Å². The van der Waals surface area contributed by atoms with Crippen LogP contribution in [0.4, 0.5) is 15.8 Å². The first kappa shape index (κ1) is 14.7. The van der Waals surface area contributed by atoms with Gasteiger partial charge in [0.2, 0.25) is 0 Å². The Labute approximate surface area is 120 Å². The predicted molar refractivity (Wildman–Crippen MR) is 73.7 cm³/mol. The summed E-state index contributed by atoms with van der Waals surface area (Å²) in [6.45, 7) is 2.50. The zero-order valence-electron chi connectivity index (χ0n) is 10.9. The summed E-state index contributed by atoms with van der Waals surface area (Å²) in [6.07, 6.45) is 1.53. The Bertz CT molecular complexity index is 565. The highest BCUT2D eigenvalue weighted by Gasteiger charge is 2.28. The van der Waals surface area contributed by atoms with Crippen molar-refractivity contribution in [1.29, 1.82) is 0 Å². The molecule has 0 radical (unpaired) electrons. The number of nitrogens with zero attached hydrogens (tertiary/aromatic N) is 2. The van der Waals surface area contributed by atoms with Crippen LogP contribution in [0.1, 0.15) is 19.8 Å². The number of carbonyl (C=O) groups excluding carboxylic acids is 1. The molecule has 1 aliphatic heterocycles. The van der Waals surface area contributed by atoms with Gasteiger partial charge in [-0.05, 0) is 25.8 Å². The zero-order chi connectivity index (χ0) is 14.9. The van der Waals surface area contributed by atoms with Crippen molar-refractivity contribution < 1.29 is 14.1 Å². The van der Waals surface area contributed by atoms with Gasteiger partial charge >= 0.3 is 0 Å². The lowest BCUT2D eigenvalue weighted by Crippen LogP contribution is -2.38. The fraction of sp³-hybridized carbons (Fsp3) is 0.462. The van der Waals surface area contributed by atoms with Gasteiger partial charge in [0.05, 0.1) is 16.0 Å². The van der Waals surface area contributed by atoms with E-state index in [4.69, 9.17) is 11.6 Å². The third-order valence-electron chi connectivity index (χ3n) is 3.55. The number of hydrogen-bond donors (Lipinski definition) is 0. The second-order valence-corrected chi connectivity index (χ2v) is 5.32. The van der Waals surface area contributed by atoms with Crippen molar-refractivity contribution >= 4 is 28.8 Å². The number of halogens is 2. The van der Waals surface area contributed by atoms with Gasteiger partial charge in [0.25, 0.3) is 5.69 Å². The van der Waals surface area contributed by atoms with Crippen molar-refractivity contribution in [2.75, 3.05) is 18.0 Å². The number of hydrogen-bond acceptors (Lipinski definition) is 4. The van der Waals surface area contributed by atoms with Gasteiger partial charge in [-0.25, -0.2) is 4.39 Å². The van der Waals surface area contributed by atoms with Crippen molar-refractivity contribution in [3.8, 4) is 0 Å². The lowest BCUT2D eigenvalue weighted by molar-refractivity contribution is -0.384. The first-order chi connectivity index (χ1) is 9.40. The lowest BCUT2D eigenvalue weighted by Gasteiger charge is -2.33. The van der Waals surface area contributed by atoms with E-state index >= 15 is 0 Å². The summed E-state index contributed by atoms with van der Waals surface area (Å²) in [6, 6.07) is 2.09. The third-order valence-corrected chi connectivity index (χ3v) is 3.84. The van der Waals surface area contributed by atoms with E-state index in [9.17, 15) is 19.3 Å². The number of rotatable bonds is 3. The Kier molecular flexibility index (Phi) is 4.23. The largest absolute Gasteiger partial charge is 0.365 e. The molecule has 1 atom stereocenters. The summed E-state index contributed by atoms with van der Waals surface area (Å²) < 4.78 is 13.4. The quantitative estimate of drug-likeness (QED) is 0.635. The molecule has 1 aromatic carbocycles. The molecule has 20 heavy (non-hydrogen) atoms. The average Bonchev–Trinajstić information content (AvgIpc) is 2.41. The maximum absolute atomic E-state index is 13.4. The molecule has 1 aliphatic rings. The van der Waals surface area contributed by atoms with Crippen molar-refractivity contribution in [3.63, 3.8) is 0 Å². The molecule has 0 aromatic heterocycles. The van der Waals surface area contributed by atoms with Crippen LogP contribution in [0.5, 0.6) is 0 Å². The van der Waals surface area contributed by atoms with E-state index in [0.29, 0.717) is 13.1 Å². The van der Waals surface area contributed by atoms with Gasteiger partial charge < -0.3 is 4.90 Å². The Morgan fingerprint density at radius 3 is 2.85 bits per heavy atom. The number of benzene rings is 1. The SMILES string of the molecule is CC(=O)C1CCCN(c2cc(Cl)c(F)cc2[N+](=O)[O-])C1. The summed E-state index contributed by atoms with van der Waals surface area (Å²) in [5.41, 5.74) is -0.0524. The van der Waals surface area contributed by atoms with Gasteiger partial charge in [0.1, 0.15) is 17.3 Å². The summed E-state index contributed by atoms with van der Waals surface area (Å²) in [4.78, 5) is 23.6. The van der Waals surface area contributed by atoms with Gasteiger partial charge in [-0.3, -0.25) is 14.9 Å². The van der Waals surface area contributed by atoms with E-state index in [2.05, 4.69) is 0 Å². The van der Waals surface area contributed by atoms with Crippen LogP contribution < -0.4 is 4.90 Å². The fourth-order valence-corrected chi connectivity index (χ4v) is 2.61. The Morgan fingerprint density at radius 2 is 2.25 bits per heavy atom. The van der Waals surface area contributed by atoms with E-state index in [-0.39, 0.29) is 28.1 Å². The highest BCUT2D eigenvalue weighted by Crippen LogP contribution is 2.35.